The van der Waals surface area contributed by atoms with Crippen LogP contribution in [0.4, 0.5) is 0 Å². The van der Waals surface area contributed by atoms with Crippen molar-refractivity contribution >= 4 is 40.6 Å². The maximum Gasteiger partial charge on any atom is 0.248 e. The minimum Gasteiger partial charge on any atom is -0.379 e. The SMILES string of the molecule is CCOP(=S)(OCC)SC1COCCS1. The van der Waals surface area contributed by atoms with Crippen molar-refractivity contribution in [2.75, 3.05) is 32.2 Å². The molecule has 0 aromatic carbocycles. The molecule has 0 amide bonds. The first-order chi connectivity index (χ1) is 7.20. The van der Waals surface area contributed by atoms with Gasteiger partial charge in [-0.3, -0.25) is 0 Å². The quantitative estimate of drug-likeness (QED) is 0.697. The summed E-state index contributed by atoms with van der Waals surface area (Å²) in [5.41, 5.74) is -2.14. The van der Waals surface area contributed by atoms with Crippen molar-refractivity contribution in [3.63, 3.8) is 0 Å². The molecular formula is C8H17O3PS3. The van der Waals surface area contributed by atoms with Crippen LogP contribution < -0.4 is 0 Å². The molecule has 0 bridgehead atoms. The monoisotopic (exact) mass is 288 g/mol. The van der Waals surface area contributed by atoms with E-state index in [2.05, 4.69) is 0 Å². The molecule has 1 rings (SSSR count). The second kappa shape index (κ2) is 7.54. The van der Waals surface area contributed by atoms with Gasteiger partial charge in [-0.2, -0.15) is 0 Å². The van der Waals surface area contributed by atoms with E-state index in [9.17, 15) is 0 Å². The van der Waals surface area contributed by atoms with E-state index in [4.69, 9.17) is 25.6 Å². The molecule has 1 heterocycles. The fraction of sp³-hybridized carbons (Fsp3) is 1.00. The standard InChI is InChI=1S/C8H17O3PS3/c1-3-10-12(13,11-4-2)15-8-7-9-5-6-14-8/h8H,3-7H2,1-2H3. The zero-order chi connectivity index (χ0) is 11.1. The molecule has 15 heavy (non-hydrogen) atoms. The largest absolute Gasteiger partial charge is 0.379 e. The van der Waals surface area contributed by atoms with Gasteiger partial charge in [-0.15, -0.1) is 11.8 Å². The lowest BCUT2D eigenvalue weighted by Gasteiger charge is -2.27. The highest BCUT2D eigenvalue weighted by atomic mass is 32.9. The Balaban J connectivity index is 2.45. The van der Waals surface area contributed by atoms with Gasteiger partial charge >= 0.3 is 0 Å². The van der Waals surface area contributed by atoms with Crippen LogP contribution in [-0.2, 0) is 25.6 Å². The molecule has 1 atom stereocenters. The smallest absolute Gasteiger partial charge is 0.248 e. The number of ether oxygens (including phenoxy) is 1. The third kappa shape index (κ3) is 5.39. The molecule has 1 unspecified atom stereocenters. The van der Waals surface area contributed by atoms with Crippen molar-refractivity contribution in [1.82, 2.24) is 0 Å². The van der Waals surface area contributed by atoms with Gasteiger partial charge in [0.05, 0.1) is 31.0 Å². The van der Waals surface area contributed by atoms with Gasteiger partial charge in [-0.05, 0) is 25.7 Å². The average Bonchev–Trinajstić information content (AvgIpc) is 2.19. The summed E-state index contributed by atoms with van der Waals surface area (Å²) in [5.74, 6) is 1.03. The predicted molar refractivity (Wildman–Crippen MR) is 72.2 cm³/mol. The summed E-state index contributed by atoms with van der Waals surface area (Å²) < 4.78 is 16.9. The third-order valence-corrected chi connectivity index (χ3v) is 9.00. The molecular weight excluding hydrogens is 271 g/mol. The fourth-order valence-electron chi connectivity index (χ4n) is 1.09. The van der Waals surface area contributed by atoms with E-state index >= 15 is 0 Å². The van der Waals surface area contributed by atoms with Crippen molar-refractivity contribution in [2.45, 2.75) is 18.4 Å². The first-order valence-corrected chi connectivity index (χ1v) is 10.1. The van der Waals surface area contributed by atoms with E-state index in [0.29, 0.717) is 17.8 Å². The Morgan fingerprint density at radius 1 is 1.47 bits per heavy atom. The number of thioether (sulfide) groups is 1. The molecule has 1 aliphatic heterocycles. The van der Waals surface area contributed by atoms with Crippen LogP contribution in [0.15, 0.2) is 0 Å². The van der Waals surface area contributed by atoms with Crippen LogP contribution in [0.25, 0.3) is 0 Å². The lowest BCUT2D eigenvalue weighted by Crippen LogP contribution is -2.17. The normalized spacial score (nSPS) is 22.9. The second-order valence-corrected chi connectivity index (χ2v) is 10.8. The number of hydrogen-bond donors (Lipinski definition) is 0. The van der Waals surface area contributed by atoms with Crippen LogP contribution in [0.3, 0.4) is 0 Å². The minimum atomic E-state index is -2.14. The highest BCUT2D eigenvalue weighted by Crippen LogP contribution is 2.64. The van der Waals surface area contributed by atoms with Crippen LogP contribution in [0.2, 0.25) is 0 Å². The Morgan fingerprint density at radius 2 is 2.13 bits per heavy atom. The molecule has 90 valence electrons. The van der Waals surface area contributed by atoms with Crippen LogP contribution >= 0.6 is 28.8 Å². The second-order valence-electron chi connectivity index (χ2n) is 2.76. The van der Waals surface area contributed by atoms with Crippen LogP contribution in [-0.4, -0.2) is 36.8 Å². The Bertz CT molecular complexity index is 211. The van der Waals surface area contributed by atoms with Crippen molar-refractivity contribution in [3.8, 4) is 0 Å². The summed E-state index contributed by atoms with van der Waals surface area (Å²) in [5, 5.41) is 0. The average molecular weight is 288 g/mol. The van der Waals surface area contributed by atoms with Crippen LogP contribution in [0.5, 0.6) is 0 Å². The Kier molecular flexibility index (Phi) is 7.18. The molecule has 0 saturated carbocycles. The van der Waals surface area contributed by atoms with Gasteiger partial charge < -0.3 is 13.8 Å². The van der Waals surface area contributed by atoms with Gasteiger partial charge in [-0.1, -0.05) is 11.4 Å². The van der Waals surface area contributed by atoms with Gasteiger partial charge in [0.2, 0.25) is 5.69 Å². The summed E-state index contributed by atoms with van der Waals surface area (Å²) in [6.45, 7) is 6.71. The molecule has 1 aliphatic rings. The third-order valence-electron chi connectivity index (χ3n) is 1.61. The summed E-state index contributed by atoms with van der Waals surface area (Å²) in [6.07, 6.45) is 0. The maximum absolute atomic E-state index is 5.57. The molecule has 3 nitrogen and oxygen atoms in total. The zero-order valence-electron chi connectivity index (χ0n) is 9.01. The first-order valence-electron chi connectivity index (χ1n) is 4.97. The summed E-state index contributed by atoms with van der Waals surface area (Å²) >= 11 is 8.96. The fourth-order valence-corrected chi connectivity index (χ4v) is 9.23. The maximum atomic E-state index is 5.57. The molecule has 1 fully saturated rings. The lowest BCUT2D eigenvalue weighted by atomic mass is 10.8. The van der Waals surface area contributed by atoms with Crippen LogP contribution in [0.1, 0.15) is 13.8 Å². The van der Waals surface area contributed by atoms with Gasteiger partial charge in [0.15, 0.2) is 0 Å². The van der Waals surface area contributed by atoms with Crippen molar-refractivity contribution < 1.29 is 13.8 Å². The number of rotatable bonds is 6. The molecule has 0 aromatic rings. The molecule has 0 aliphatic carbocycles. The molecule has 1 saturated heterocycles. The molecule has 0 spiro atoms. The highest BCUT2D eigenvalue weighted by molar-refractivity contribution is 8.69. The Labute approximate surface area is 105 Å². The molecule has 7 heteroatoms. The highest BCUT2D eigenvalue weighted by Gasteiger charge is 2.27. The van der Waals surface area contributed by atoms with Crippen LogP contribution in [0, 0.1) is 0 Å². The van der Waals surface area contributed by atoms with E-state index < -0.39 is 5.69 Å². The summed E-state index contributed by atoms with van der Waals surface area (Å²) in [6, 6.07) is 0. The molecule has 0 radical (unpaired) electrons. The predicted octanol–water partition coefficient (Wildman–Crippen LogP) is 3.11. The number of hydrogen-bond acceptors (Lipinski definition) is 6. The first kappa shape index (κ1) is 14.3. The van der Waals surface area contributed by atoms with E-state index in [1.807, 2.05) is 25.6 Å². The summed E-state index contributed by atoms with van der Waals surface area (Å²) in [7, 11) is 0. The summed E-state index contributed by atoms with van der Waals surface area (Å²) in [4.78, 5) is 0. The van der Waals surface area contributed by atoms with E-state index in [0.717, 1.165) is 19.0 Å². The minimum absolute atomic E-state index is 0.364. The van der Waals surface area contributed by atoms with Crippen molar-refractivity contribution in [1.29, 1.82) is 0 Å². The van der Waals surface area contributed by atoms with Gasteiger partial charge in [0, 0.05) is 5.75 Å². The molecule has 0 aromatic heterocycles. The van der Waals surface area contributed by atoms with E-state index in [1.54, 1.807) is 11.4 Å². The molecule has 0 N–H and O–H groups in total. The topological polar surface area (TPSA) is 27.7 Å². The Hall–Kier alpha value is 1.23. The zero-order valence-corrected chi connectivity index (χ0v) is 12.4. The van der Waals surface area contributed by atoms with Gasteiger partial charge in [0.1, 0.15) is 0 Å². The van der Waals surface area contributed by atoms with Gasteiger partial charge in [0.25, 0.3) is 0 Å². The van der Waals surface area contributed by atoms with Crippen molar-refractivity contribution in [3.05, 3.63) is 0 Å². The van der Waals surface area contributed by atoms with Crippen molar-refractivity contribution in [2.24, 2.45) is 0 Å². The van der Waals surface area contributed by atoms with E-state index in [1.165, 1.54) is 0 Å². The van der Waals surface area contributed by atoms with E-state index in [-0.39, 0.29) is 0 Å². The Morgan fingerprint density at radius 3 is 2.60 bits per heavy atom. The lowest BCUT2D eigenvalue weighted by molar-refractivity contribution is 0.156. The van der Waals surface area contributed by atoms with Gasteiger partial charge in [-0.25, -0.2) is 0 Å².